The van der Waals surface area contributed by atoms with E-state index in [1.54, 1.807) is 6.26 Å². The molecule has 2 aromatic rings. The Bertz CT molecular complexity index is 412. The molecule has 1 aromatic heterocycles. The summed E-state index contributed by atoms with van der Waals surface area (Å²) >= 11 is 0. The van der Waals surface area contributed by atoms with Gasteiger partial charge in [0.1, 0.15) is 11.7 Å². The summed E-state index contributed by atoms with van der Waals surface area (Å²) in [7, 11) is 0. The highest BCUT2D eigenvalue weighted by molar-refractivity contribution is 5.81. The van der Waals surface area contributed by atoms with Gasteiger partial charge in [0.05, 0.1) is 12.9 Å². The molecule has 0 N–H and O–H groups in total. The SMILES string of the molecule is c1ccc2c(C3CO3)coc2c1. The molecule has 1 unspecified atom stereocenters. The third-order valence-electron chi connectivity index (χ3n) is 2.19. The van der Waals surface area contributed by atoms with Gasteiger partial charge in [-0.3, -0.25) is 0 Å². The normalized spacial score (nSPS) is 21.5. The lowest BCUT2D eigenvalue weighted by atomic mass is 10.1. The maximum absolute atomic E-state index is 5.37. The van der Waals surface area contributed by atoms with Crippen LogP contribution in [0.2, 0.25) is 0 Å². The van der Waals surface area contributed by atoms with Crippen molar-refractivity contribution in [2.24, 2.45) is 0 Å². The molecule has 0 aliphatic carbocycles. The number of epoxide rings is 1. The van der Waals surface area contributed by atoms with Crippen molar-refractivity contribution in [3.8, 4) is 0 Å². The van der Waals surface area contributed by atoms with E-state index in [-0.39, 0.29) is 6.10 Å². The highest BCUT2D eigenvalue weighted by Gasteiger charge is 2.28. The number of para-hydroxylation sites is 1. The van der Waals surface area contributed by atoms with Gasteiger partial charge < -0.3 is 9.15 Å². The molecule has 0 amide bonds. The average molecular weight is 160 g/mol. The van der Waals surface area contributed by atoms with Gasteiger partial charge in [0.15, 0.2) is 0 Å². The Morgan fingerprint density at radius 3 is 2.92 bits per heavy atom. The molecule has 2 nitrogen and oxygen atoms in total. The molecule has 60 valence electrons. The van der Waals surface area contributed by atoms with Crippen LogP contribution in [0, 0.1) is 0 Å². The molecule has 1 atom stereocenters. The molecule has 0 spiro atoms. The molecule has 2 heterocycles. The number of hydrogen-bond donors (Lipinski definition) is 0. The lowest BCUT2D eigenvalue weighted by molar-refractivity contribution is 0.414. The zero-order valence-electron chi connectivity index (χ0n) is 6.49. The number of furan rings is 1. The maximum atomic E-state index is 5.37. The van der Waals surface area contributed by atoms with Gasteiger partial charge in [-0.1, -0.05) is 18.2 Å². The molecular weight excluding hydrogens is 152 g/mol. The minimum Gasteiger partial charge on any atom is -0.464 e. The minimum absolute atomic E-state index is 0.286. The maximum Gasteiger partial charge on any atom is 0.134 e. The van der Waals surface area contributed by atoms with Crippen LogP contribution in [0.15, 0.2) is 34.9 Å². The van der Waals surface area contributed by atoms with Crippen molar-refractivity contribution in [3.05, 3.63) is 36.1 Å². The fourth-order valence-electron chi connectivity index (χ4n) is 1.48. The van der Waals surface area contributed by atoms with Gasteiger partial charge in [0.25, 0.3) is 0 Å². The fourth-order valence-corrected chi connectivity index (χ4v) is 1.48. The van der Waals surface area contributed by atoms with Gasteiger partial charge in [-0.2, -0.15) is 0 Å². The monoisotopic (exact) mass is 160 g/mol. The van der Waals surface area contributed by atoms with Gasteiger partial charge in [-0.25, -0.2) is 0 Å². The standard InChI is InChI=1S/C10H8O2/c1-2-4-9-7(3-1)8(5-11-9)10-6-12-10/h1-5,10H,6H2. The molecule has 2 heteroatoms. The summed E-state index contributed by atoms with van der Waals surface area (Å²) < 4.78 is 10.6. The van der Waals surface area contributed by atoms with Gasteiger partial charge in [-0.15, -0.1) is 0 Å². The van der Waals surface area contributed by atoms with Crippen LogP contribution in [0.5, 0.6) is 0 Å². The lowest BCUT2D eigenvalue weighted by Crippen LogP contribution is -1.74. The number of ether oxygens (including phenoxy) is 1. The van der Waals surface area contributed by atoms with Crippen LogP contribution < -0.4 is 0 Å². The first-order valence-electron chi connectivity index (χ1n) is 4.03. The first-order chi connectivity index (χ1) is 5.95. The van der Waals surface area contributed by atoms with Crippen LogP contribution in [0.4, 0.5) is 0 Å². The Morgan fingerprint density at radius 2 is 2.08 bits per heavy atom. The Balaban J connectivity index is 2.30. The van der Waals surface area contributed by atoms with E-state index in [0.717, 1.165) is 12.2 Å². The Hall–Kier alpha value is -1.28. The van der Waals surface area contributed by atoms with E-state index in [2.05, 4.69) is 6.07 Å². The predicted octanol–water partition coefficient (Wildman–Crippen LogP) is 2.50. The average Bonchev–Trinajstić information content (AvgIpc) is 2.86. The molecule has 1 aliphatic heterocycles. The zero-order valence-corrected chi connectivity index (χ0v) is 6.49. The zero-order chi connectivity index (χ0) is 7.97. The minimum atomic E-state index is 0.286. The van der Waals surface area contributed by atoms with E-state index in [9.17, 15) is 0 Å². The van der Waals surface area contributed by atoms with Crippen LogP contribution in [-0.4, -0.2) is 6.61 Å². The molecule has 0 radical (unpaired) electrons. The summed E-state index contributed by atoms with van der Waals surface area (Å²) in [6, 6.07) is 8.03. The van der Waals surface area contributed by atoms with Gasteiger partial charge in [0.2, 0.25) is 0 Å². The number of benzene rings is 1. The van der Waals surface area contributed by atoms with Crippen molar-refractivity contribution < 1.29 is 9.15 Å². The quantitative estimate of drug-likeness (QED) is 0.599. The van der Waals surface area contributed by atoms with Crippen LogP contribution in [0.25, 0.3) is 11.0 Å². The molecule has 12 heavy (non-hydrogen) atoms. The van der Waals surface area contributed by atoms with E-state index in [0.29, 0.717) is 0 Å². The van der Waals surface area contributed by atoms with Crippen molar-refractivity contribution in [3.63, 3.8) is 0 Å². The Labute approximate surface area is 69.7 Å². The van der Waals surface area contributed by atoms with Crippen molar-refractivity contribution >= 4 is 11.0 Å². The summed E-state index contributed by atoms with van der Waals surface area (Å²) in [5.74, 6) is 0. The molecule has 3 rings (SSSR count). The Kier molecular flexibility index (Phi) is 1.10. The molecule has 1 fully saturated rings. The van der Waals surface area contributed by atoms with E-state index in [4.69, 9.17) is 9.15 Å². The van der Waals surface area contributed by atoms with Crippen molar-refractivity contribution in [2.75, 3.05) is 6.61 Å². The van der Waals surface area contributed by atoms with Crippen molar-refractivity contribution in [1.82, 2.24) is 0 Å². The van der Waals surface area contributed by atoms with E-state index < -0.39 is 0 Å². The van der Waals surface area contributed by atoms with E-state index >= 15 is 0 Å². The van der Waals surface area contributed by atoms with E-state index in [1.807, 2.05) is 18.2 Å². The first kappa shape index (κ1) is 6.26. The molecule has 1 aromatic carbocycles. The second-order valence-corrected chi connectivity index (χ2v) is 3.01. The third kappa shape index (κ3) is 0.786. The summed E-state index contributed by atoms with van der Waals surface area (Å²) in [4.78, 5) is 0. The predicted molar refractivity (Wildman–Crippen MR) is 44.9 cm³/mol. The van der Waals surface area contributed by atoms with Crippen LogP contribution in [0.1, 0.15) is 11.7 Å². The largest absolute Gasteiger partial charge is 0.464 e. The summed E-state index contributed by atoms with van der Waals surface area (Å²) in [6.07, 6.45) is 2.08. The number of rotatable bonds is 1. The second-order valence-electron chi connectivity index (χ2n) is 3.01. The van der Waals surface area contributed by atoms with Gasteiger partial charge >= 0.3 is 0 Å². The molecular formula is C10H8O2. The molecule has 0 saturated carbocycles. The van der Waals surface area contributed by atoms with E-state index in [1.165, 1.54) is 10.9 Å². The highest BCUT2D eigenvalue weighted by atomic mass is 16.6. The Morgan fingerprint density at radius 1 is 1.25 bits per heavy atom. The number of fused-ring (bicyclic) bond motifs is 1. The topological polar surface area (TPSA) is 25.7 Å². The van der Waals surface area contributed by atoms with Crippen molar-refractivity contribution in [2.45, 2.75) is 6.10 Å². The van der Waals surface area contributed by atoms with Crippen LogP contribution in [0.3, 0.4) is 0 Å². The lowest BCUT2D eigenvalue weighted by Gasteiger charge is -1.88. The summed E-state index contributed by atoms with van der Waals surface area (Å²) in [6.45, 7) is 0.837. The second kappa shape index (κ2) is 2.11. The number of hydrogen-bond acceptors (Lipinski definition) is 2. The van der Waals surface area contributed by atoms with Gasteiger partial charge in [0, 0.05) is 10.9 Å². The highest BCUT2D eigenvalue weighted by Crippen LogP contribution is 2.35. The van der Waals surface area contributed by atoms with Gasteiger partial charge in [-0.05, 0) is 6.07 Å². The summed E-state index contributed by atoms with van der Waals surface area (Å²) in [5.41, 5.74) is 2.13. The van der Waals surface area contributed by atoms with Crippen LogP contribution in [-0.2, 0) is 4.74 Å². The first-order valence-corrected chi connectivity index (χ1v) is 4.03. The fraction of sp³-hybridized carbons (Fsp3) is 0.200. The summed E-state index contributed by atoms with van der Waals surface area (Å²) in [5, 5.41) is 1.18. The van der Waals surface area contributed by atoms with Crippen molar-refractivity contribution in [1.29, 1.82) is 0 Å². The third-order valence-corrected chi connectivity index (χ3v) is 2.19. The molecule has 1 saturated heterocycles. The van der Waals surface area contributed by atoms with Crippen LogP contribution >= 0.6 is 0 Å². The smallest absolute Gasteiger partial charge is 0.134 e. The molecule has 0 bridgehead atoms. The molecule has 1 aliphatic rings.